The Kier molecular flexibility index (Phi) is 7.18. The van der Waals surface area contributed by atoms with Gasteiger partial charge in [0.05, 0.1) is 30.4 Å². The highest BCUT2D eigenvalue weighted by Gasteiger charge is 2.18. The number of rotatable bonds is 5. The zero-order chi connectivity index (χ0) is 19.9. The van der Waals surface area contributed by atoms with Crippen molar-refractivity contribution in [3.63, 3.8) is 0 Å². The van der Waals surface area contributed by atoms with Crippen molar-refractivity contribution in [1.82, 2.24) is 15.3 Å². The highest BCUT2D eigenvalue weighted by Crippen LogP contribution is 2.28. The van der Waals surface area contributed by atoms with Gasteiger partial charge >= 0.3 is 6.03 Å². The van der Waals surface area contributed by atoms with E-state index in [1.165, 1.54) is 6.20 Å². The van der Waals surface area contributed by atoms with Crippen LogP contribution in [0, 0.1) is 12.8 Å². The summed E-state index contributed by atoms with van der Waals surface area (Å²) in [6, 6.07) is 5.02. The fourth-order valence-electron chi connectivity index (χ4n) is 2.65. The van der Waals surface area contributed by atoms with Gasteiger partial charge in [-0.05, 0) is 37.6 Å². The van der Waals surface area contributed by atoms with E-state index >= 15 is 0 Å². The molecule has 1 unspecified atom stereocenters. The quantitative estimate of drug-likeness (QED) is 0.648. The molecule has 0 bridgehead atoms. The van der Waals surface area contributed by atoms with Gasteiger partial charge in [0.25, 0.3) is 0 Å². The molecule has 2 amide bonds. The van der Waals surface area contributed by atoms with Crippen LogP contribution in [0.3, 0.4) is 0 Å². The molecule has 0 aliphatic carbocycles. The number of ether oxygens (including phenoxy) is 2. The van der Waals surface area contributed by atoms with Crippen LogP contribution < -0.4 is 20.7 Å². The van der Waals surface area contributed by atoms with Crippen LogP contribution in [0.25, 0.3) is 0 Å². The first-order valence-corrected chi connectivity index (χ1v) is 9.90. The summed E-state index contributed by atoms with van der Waals surface area (Å²) in [6.45, 7) is 6.73. The Morgan fingerprint density at radius 3 is 2.96 bits per heavy atom. The largest absolute Gasteiger partial charge is 0.489 e. The third-order valence-electron chi connectivity index (χ3n) is 4.12. The van der Waals surface area contributed by atoms with Crippen LogP contribution in [0.1, 0.15) is 12.6 Å². The summed E-state index contributed by atoms with van der Waals surface area (Å²) in [5.41, 5.74) is 1.32. The van der Waals surface area contributed by atoms with Crippen LogP contribution >= 0.6 is 15.9 Å². The number of urea groups is 1. The molecule has 1 aliphatic heterocycles. The van der Waals surface area contributed by atoms with E-state index in [0.29, 0.717) is 36.4 Å². The smallest absolute Gasteiger partial charge is 0.325 e. The third-order valence-corrected chi connectivity index (χ3v) is 4.61. The zero-order valence-electron chi connectivity index (χ0n) is 15.9. The van der Waals surface area contributed by atoms with Crippen molar-refractivity contribution in [2.45, 2.75) is 20.0 Å². The summed E-state index contributed by atoms with van der Waals surface area (Å²) >= 11 is 3.42. The van der Waals surface area contributed by atoms with Gasteiger partial charge in [0, 0.05) is 11.0 Å². The molecule has 2 heterocycles. The number of aromatic nitrogens is 2. The molecule has 8 nitrogen and oxygen atoms in total. The summed E-state index contributed by atoms with van der Waals surface area (Å²) in [4.78, 5) is 20.5. The Morgan fingerprint density at radius 2 is 2.18 bits per heavy atom. The molecule has 3 rings (SSSR count). The van der Waals surface area contributed by atoms with E-state index in [1.807, 2.05) is 13.0 Å². The maximum Gasteiger partial charge on any atom is 0.325 e. The minimum Gasteiger partial charge on any atom is -0.489 e. The molecule has 28 heavy (non-hydrogen) atoms. The van der Waals surface area contributed by atoms with E-state index in [2.05, 4.69) is 48.8 Å². The number of nitrogens with one attached hydrogen (secondary N) is 3. The zero-order valence-corrected chi connectivity index (χ0v) is 17.5. The second-order valence-corrected chi connectivity index (χ2v) is 7.71. The van der Waals surface area contributed by atoms with Crippen LogP contribution in [0.15, 0.2) is 35.1 Å². The lowest BCUT2D eigenvalue weighted by Crippen LogP contribution is -2.31. The van der Waals surface area contributed by atoms with E-state index in [4.69, 9.17) is 9.47 Å². The van der Waals surface area contributed by atoms with Gasteiger partial charge in [-0.2, -0.15) is 0 Å². The maximum absolute atomic E-state index is 12.3. The normalized spacial score (nSPS) is 19.5. The SMILES string of the molecule is Cc1cnc(NC(=O)Nc2cc(Br)ccc2OCC2CNC[C@@H](C)CO2)cn1. The Hall–Kier alpha value is -2.23. The predicted molar refractivity (Wildman–Crippen MR) is 111 cm³/mol. The first kappa shape index (κ1) is 20.5. The Morgan fingerprint density at radius 1 is 1.32 bits per heavy atom. The molecule has 2 atom stereocenters. The number of hydrogen-bond donors (Lipinski definition) is 3. The average molecular weight is 450 g/mol. The predicted octanol–water partition coefficient (Wildman–Crippen LogP) is 3.19. The van der Waals surface area contributed by atoms with Gasteiger partial charge in [-0.3, -0.25) is 10.3 Å². The molecule has 0 radical (unpaired) electrons. The maximum atomic E-state index is 12.3. The number of carbonyl (C=O) groups excluding carboxylic acids is 1. The van der Waals surface area contributed by atoms with E-state index in [0.717, 1.165) is 23.3 Å². The molecule has 150 valence electrons. The Bertz CT molecular complexity index is 803. The molecule has 1 fully saturated rings. The van der Waals surface area contributed by atoms with Gasteiger partial charge in [-0.1, -0.05) is 22.9 Å². The lowest BCUT2D eigenvalue weighted by Gasteiger charge is -2.18. The monoisotopic (exact) mass is 449 g/mol. The van der Waals surface area contributed by atoms with Crippen LogP contribution in [-0.2, 0) is 4.74 Å². The number of anilines is 2. The number of amides is 2. The van der Waals surface area contributed by atoms with Crippen molar-refractivity contribution >= 4 is 33.5 Å². The van der Waals surface area contributed by atoms with Gasteiger partial charge < -0.3 is 20.1 Å². The van der Waals surface area contributed by atoms with Crippen molar-refractivity contribution in [3.8, 4) is 5.75 Å². The molecule has 3 N–H and O–H groups in total. The lowest BCUT2D eigenvalue weighted by atomic mass is 10.2. The van der Waals surface area contributed by atoms with E-state index in [1.54, 1.807) is 18.3 Å². The van der Waals surface area contributed by atoms with Gasteiger partial charge in [-0.15, -0.1) is 0 Å². The van der Waals surface area contributed by atoms with Gasteiger partial charge in [-0.25, -0.2) is 9.78 Å². The number of hydrogen-bond acceptors (Lipinski definition) is 6. The lowest BCUT2D eigenvalue weighted by molar-refractivity contribution is 0.0214. The van der Waals surface area contributed by atoms with Crippen molar-refractivity contribution in [2.75, 3.05) is 36.9 Å². The summed E-state index contributed by atoms with van der Waals surface area (Å²) in [6.07, 6.45) is 3.05. The van der Waals surface area contributed by atoms with Crippen molar-refractivity contribution in [3.05, 3.63) is 40.8 Å². The first-order valence-electron chi connectivity index (χ1n) is 9.11. The van der Waals surface area contributed by atoms with E-state index in [9.17, 15) is 4.79 Å². The molecular weight excluding hydrogens is 426 g/mol. The van der Waals surface area contributed by atoms with Crippen LogP contribution in [0.5, 0.6) is 5.75 Å². The molecule has 2 aromatic rings. The summed E-state index contributed by atoms with van der Waals surface area (Å²) in [5.74, 6) is 1.41. The minimum absolute atomic E-state index is 0.0434. The minimum atomic E-state index is -0.428. The summed E-state index contributed by atoms with van der Waals surface area (Å²) < 4.78 is 12.6. The number of nitrogens with zero attached hydrogens (tertiary/aromatic N) is 2. The van der Waals surface area contributed by atoms with E-state index < -0.39 is 6.03 Å². The molecule has 1 saturated heterocycles. The van der Waals surface area contributed by atoms with Crippen LogP contribution in [0.4, 0.5) is 16.3 Å². The summed E-state index contributed by atoms with van der Waals surface area (Å²) in [7, 11) is 0. The first-order chi connectivity index (χ1) is 13.5. The standard InChI is InChI=1S/C19H24BrN5O3/c1-12-6-21-8-15(27-10-12)11-28-17-4-3-14(20)5-16(17)24-19(26)25-18-9-22-13(2)7-23-18/h3-5,7,9,12,15,21H,6,8,10-11H2,1-2H3,(H2,23,24,25,26)/t12-,15?/m1/s1. The molecular formula is C19H24BrN5O3. The van der Waals surface area contributed by atoms with Crippen molar-refractivity contribution in [2.24, 2.45) is 5.92 Å². The number of halogens is 1. The van der Waals surface area contributed by atoms with Gasteiger partial charge in [0.15, 0.2) is 5.82 Å². The topological polar surface area (TPSA) is 97.4 Å². The fraction of sp³-hybridized carbons (Fsp3) is 0.421. The van der Waals surface area contributed by atoms with Gasteiger partial charge in [0.1, 0.15) is 18.5 Å². The van der Waals surface area contributed by atoms with E-state index in [-0.39, 0.29) is 6.10 Å². The molecule has 1 aliphatic rings. The van der Waals surface area contributed by atoms with Crippen LogP contribution in [-0.4, -0.2) is 48.4 Å². The number of aryl methyl sites for hydroxylation is 1. The fourth-order valence-corrected chi connectivity index (χ4v) is 3.01. The van der Waals surface area contributed by atoms with Crippen LogP contribution in [0.2, 0.25) is 0 Å². The highest BCUT2D eigenvalue weighted by molar-refractivity contribution is 9.10. The average Bonchev–Trinajstić information content (AvgIpc) is 2.87. The van der Waals surface area contributed by atoms with Crippen molar-refractivity contribution in [1.29, 1.82) is 0 Å². The molecule has 1 aromatic heterocycles. The summed E-state index contributed by atoms with van der Waals surface area (Å²) in [5, 5.41) is 8.81. The third kappa shape index (κ3) is 6.15. The van der Waals surface area contributed by atoms with Gasteiger partial charge in [0.2, 0.25) is 0 Å². The second kappa shape index (κ2) is 9.81. The highest BCUT2D eigenvalue weighted by atomic mass is 79.9. The second-order valence-electron chi connectivity index (χ2n) is 6.79. The molecule has 0 saturated carbocycles. The van der Waals surface area contributed by atoms with Crippen molar-refractivity contribution < 1.29 is 14.3 Å². The Labute approximate surface area is 172 Å². The molecule has 1 aromatic carbocycles. The molecule has 9 heteroatoms. The number of benzene rings is 1. The Balaban J connectivity index is 1.61. The number of carbonyl (C=O) groups is 1. The molecule has 0 spiro atoms.